The van der Waals surface area contributed by atoms with Crippen LogP contribution in [0.15, 0.2) is 0 Å². The SMILES string of the molecule is OC[C@@H]1O[C@H](O[C@H]2O[C@@H](CO)[C@@H](O)[C@@H](O)[C@H]2O)[C@H](O)[C@@H](O)[C@@H]1O. The summed E-state index contributed by atoms with van der Waals surface area (Å²) in [5.74, 6) is 0. The third kappa shape index (κ3) is 3.65. The van der Waals surface area contributed by atoms with Crippen LogP contribution in [0.25, 0.3) is 0 Å². The summed E-state index contributed by atoms with van der Waals surface area (Å²) >= 11 is 0. The maximum atomic E-state index is 9.84. The molecule has 2 rings (SSSR count). The largest absolute Gasteiger partial charge is 0.394 e. The Morgan fingerprint density at radius 3 is 1.22 bits per heavy atom. The number of hydrogen-bond donors (Lipinski definition) is 8. The smallest absolute Gasteiger partial charge is 0.189 e. The zero-order valence-electron chi connectivity index (χ0n) is 12.0. The van der Waals surface area contributed by atoms with E-state index in [9.17, 15) is 30.6 Å². The van der Waals surface area contributed by atoms with Crippen molar-refractivity contribution in [1.82, 2.24) is 0 Å². The molecule has 2 saturated heterocycles. The summed E-state index contributed by atoms with van der Waals surface area (Å²) < 4.78 is 15.3. The van der Waals surface area contributed by atoms with E-state index in [0.717, 1.165) is 0 Å². The first-order valence-electron chi connectivity index (χ1n) is 7.08. The fraction of sp³-hybridized carbons (Fsp3) is 1.00. The van der Waals surface area contributed by atoms with Crippen LogP contribution in [-0.2, 0) is 14.2 Å². The van der Waals surface area contributed by atoms with Gasteiger partial charge in [0, 0.05) is 0 Å². The van der Waals surface area contributed by atoms with Gasteiger partial charge in [0.1, 0.15) is 48.8 Å². The summed E-state index contributed by atoms with van der Waals surface area (Å²) in [6.45, 7) is -1.33. The third-order valence-corrected chi connectivity index (χ3v) is 3.97. The second-order valence-corrected chi connectivity index (χ2v) is 5.53. The average Bonchev–Trinajstić information content (AvgIpc) is 2.55. The van der Waals surface area contributed by atoms with Gasteiger partial charge in [-0.1, -0.05) is 0 Å². The van der Waals surface area contributed by atoms with Crippen molar-refractivity contribution in [3.05, 3.63) is 0 Å². The van der Waals surface area contributed by atoms with Gasteiger partial charge in [0.25, 0.3) is 0 Å². The molecule has 8 N–H and O–H groups in total. The van der Waals surface area contributed by atoms with Crippen LogP contribution in [0.2, 0.25) is 0 Å². The fourth-order valence-electron chi connectivity index (χ4n) is 2.49. The topological polar surface area (TPSA) is 190 Å². The van der Waals surface area contributed by atoms with Gasteiger partial charge < -0.3 is 55.1 Å². The lowest BCUT2D eigenvalue weighted by atomic mass is 9.98. The monoisotopic (exact) mass is 342 g/mol. The Labute approximate surface area is 130 Å². The lowest BCUT2D eigenvalue weighted by Gasteiger charge is -2.44. The molecule has 0 spiro atoms. The molecule has 0 aromatic rings. The molecule has 2 aliphatic rings. The van der Waals surface area contributed by atoms with Crippen molar-refractivity contribution in [3.63, 3.8) is 0 Å². The molecule has 0 radical (unpaired) electrons. The summed E-state index contributed by atoms with van der Waals surface area (Å²) in [7, 11) is 0. The molecule has 23 heavy (non-hydrogen) atoms. The molecule has 0 bridgehead atoms. The van der Waals surface area contributed by atoms with E-state index in [-0.39, 0.29) is 0 Å². The normalized spacial score (nSPS) is 51.7. The number of rotatable bonds is 4. The van der Waals surface area contributed by atoms with Crippen LogP contribution in [0.1, 0.15) is 0 Å². The van der Waals surface area contributed by atoms with E-state index in [0.29, 0.717) is 0 Å². The van der Waals surface area contributed by atoms with Gasteiger partial charge in [-0.05, 0) is 0 Å². The molecule has 2 aliphatic heterocycles. The highest BCUT2D eigenvalue weighted by atomic mass is 16.8. The van der Waals surface area contributed by atoms with Crippen molar-refractivity contribution in [1.29, 1.82) is 0 Å². The van der Waals surface area contributed by atoms with Crippen LogP contribution >= 0.6 is 0 Å². The van der Waals surface area contributed by atoms with Gasteiger partial charge in [0.05, 0.1) is 13.2 Å². The van der Waals surface area contributed by atoms with E-state index >= 15 is 0 Å². The molecular weight excluding hydrogens is 320 g/mol. The van der Waals surface area contributed by atoms with E-state index in [1.165, 1.54) is 0 Å². The van der Waals surface area contributed by atoms with Crippen LogP contribution in [0, 0.1) is 0 Å². The van der Waals surface area contributed by atoms with Gasteiger partial charge in [-0.25, -0.2) is 0 Å². The second kappa shape index (κ2) is 7.63. The maximum absolute atomic E-state index is 9.84. The van der Waals surface area contributed by atoms with Gasteiger partial charge in [-0.2, -0.15) is 0 Å². The molecule has 0 saturated carbocycles. The van der Waals surface area contributed by atoms with Gasteiger partial charge >= 0.3 is 0 Å². The predicted molar refractivity (Wildman–Crippen MR) is 68.6 cm³/mol. The molecule has 2 fully saturated rings. The maximum Gasteiger partial charge on any atom is 0.189 e. The Bertz CT molecular complexity index is 344. The lowest BCUT2D eigenvalue weighted by molar-refractivity contribution is -0.376. The number of ether oxygens (including phenoxy) is 3. The molecule has 0 amide bonds. The lowest BCUT2D eigenvalue weighted by Crippen LogP contribution is -2.63. The summed E-state index contributed by atoms with van der Waals surface area (Å²) in [4.78, 5) is 0. The quantitative estimate of drug-likeness (QED) is 0.243. The molecule has 136 valence electrons. The Balaban J connectivity index is 2.07. The van der Waals surface area contributed by atoms with E-state index in [1.807, 2.05) is 0 Å². The molecule has 0 unspecified atom stereocenters. The molecule has 11 nitrogen and oxygen atoms in total. The van der Waals surface area contributed by atoms with Gasteiger partial charge in [-0.15, -0.1) is 0 Å². The zero-order chi connectivity index (χ0) is 17.3. The van der Waals surface area contributed by atoms with Crippen molar-refractivity contribution in [2.75, 3.05) is 13.2 Å². The number of hydrogen-bond acceptors (Lipinski definition) is 11. The third-order valence-electron chi connectivity index (χ3n) is 3.97. The first kappa shape index (κ1) is 18.9. The number of aliphatic hydroxyl groups excluding tert-OH is 8. The van der Waals surface area contributed by atoms with Gasteiger partial charge in [-0.3, -0.25) is 0 Å². The van der Waals surface area contributed by atoms with Crippen LogP contribution in [0.4, 0.5) is 0 Å². The van der Waals surface area contributed by atoms with Crippen molar-refractivity contribution < 1.29 is 55.1 Å². The highest BCUT2D eigenvalue weighted by Gasteiger charge is 2.49. The predicted octanol–water partition coefficient (Wildman–Crippen LogP) is -5.40. The number of aliphatic hydroxyl groups is 8. The summed E-state index contributed by atoms with van der Waals surface area (Å²) in [6.07, 6.45) is -15.6. The summed E-state index contributed by atoms with van der Waals surface area (Å²) in [5, 5.41) is 76.4. The van der Waals surface area contributed by atoms with Gasteiger partial charge in [0.2, 0.25) is 0 Å². The average molecular weight is 342 g/mol. The highest BCUT2D eigenvalue weighted by Crippen LogP contribution is 2.27. The second-order valence-electron chi connectivity index (χ2n) is 5.53. The minimum absolute atomic E-state index is 0.667. The van der Waals surface area contributed by atoms with E-state index < -0.39 is 74.6 Å². The van der Waals surface area contributed by atoms with Crippen molar-refractivity contribution in [2.45, 2.75) is 61.4 Å². The van der Waals surface area contributed by atoms with Crippen LogP contribution in [0.5, 0.6) is 0 Å². The standard InChI is InChI=1S/C12H22O11/c13-1-3-5(15)7(17)9(19)11(21-3)23-12-10(20)8(18)6(16)4(2-14)22-12/h3-20H,1-2H2/t3-,4-,5+,6+,7-,8+,9+,10+,11+,12+/m0/s1. The van der Waals surface area contributed by atoms with Crippen LogP contribution < -0.4 is 0 Å². The molecular formula is C12H22O11. The molecule has 0 aromatic carbocycles. The molecule has 11 heteroatoms. The Hall–Kier alpha value is -0.440. The zero-order valence-corrected chi connectivity index (χ0v) is 12.0. The van der Waals surface area contributed by atoms with Crippen LogP contribution in [0.3, 0.4) is 0 Å². The Morgan fingerprint density at radius 2 is 0.913 bits per heavy atom. The molecule has 2 heterocycles. The summed E-state index contributed by atoms with van der Waals surface area (Å²) in [5.41, 5.74) is 0. The minimum atomic E-state index is -1.72. The fourth-order valence-corrected chi connectivity index (χ4v) is 2.49. The molecule has 0 aliphatic carbocycles. The summed E-state index contributed by atoms with van der Waals surface area (Å²) in [6, 6.07) is 0. The highest BCUT2D eigenvalue weighted by molar-refractivity contribution is 4.92. The Kier molecular flexibility index (Phi) is 6.27. The van der Waals surface area contributed by atoms with Crippen molar-refractivity contribution in [3.8, 4) is 0 Å². The Morgan fingerprint density at radius 1 is 0.565 bits per heavy atom. The molecule has 0 aromatic heterocycles. The first-order valence-corrected chi connectivity index (χ1v) is 7.08. The van der Waals surface area contributed by atoms with Gasteiger partial charge in [0.15, 0.2) is 12.6 Å². The minimum Gasteiger partial charge on any atom is -0.394 e. The first-order chi connectivity index (χ1) is 10.8. The van der Waals surface area contributed by atoms with E-state index in [1.54, 1.807) is 0 Å². The molecule has 10 atom stereocenters. The van der Waals surface area contributed by atoms with Crippen molar-refractivity contribution in [2.24, 2.45) is 0 Å². The van der Waals surface area contributed by atoms with Crippen LogP contribution in [-0.4, -0.2) is 115 Å². The van der Waals surface area contributed by atoms with Crippen molar-refractivity contribution >= 4 is 0 Å². The van der Waals surface area contributed by atoms with E-state index in [4.69, 9.17) is 24.4 Å². The van der Waals surface area contributed by atoms with E-state index in [2.05, 4.69) is 0 Å².